The highest BCUT2D eigenvalue weighted by Crippen LogP contribution is 2.32. The maximum atomic E-state index is 12.5. The van der Waals surface area contributed by atoms with Crippen LogP contribution < -0.4 is 5.32 Å². The van der Waals surface area contributed by atoms with Crippen LogP contribution in [0.2, 0.25) is 0 Å². The van der Waals surface area contributed by atoms with Gasteiger partial charge in [-0.05, 0) is 49.2 Å². The number of nitrogens with one attached hydrogen (secondary N) is 1. The second kappa shape index (κ2) is 9.48. The van der Waals surface area contributed by atoms with Gasteiger partial charge in [0, 0.05) is 12.6 Å². The first kappa shape index (κ1) is 20.0. The van der Waals surface area contributed by atoms with Gasteiger partial charge in [-0.2, -0.15) is 0 Å². The predicted octanol–water partition coefficient (Wildman–Crippen LogP) is 3.36. The van der Waals surface area contributed by atoms with Crippen molar-refractivity contribution in [1.82, 2.24) is 10.4 Å². The van der Waals surface area contributed by atoms with Gasteiger partial charge in [0.2, 0.25) is 0 Å². The lowest BCUT2D eigenvalue weighted by Gasteiger charge is -2.38. The maximum Gasteiger partial charge on any atom is 0.357 e. The Morgan fingerprint density at radius 2 is 1.71 bits per heavy atom. The highest BCUT2D eigenvalue weighted by Gasteiger charge is 2.32. The van der Waals surface area contributed by atoms with Crippen LogP contribution in [0.5, 0.6) is 0 Å². The van der Waals surface area contributed by atoms with E-state index in [1.807, 2.05) is 30.3 Å². The number of rotatable bonds is 6. The fourth-order valence-electron chi connectivity index (χ4n) is 3.52. The molecule has 2 atom stereocenters. The molecular weight excluding hydrogens is 356 g/mol. The average Bonchev–Trinajstić information content (AvgIpc) is 2.75. The number of piperidine rings is 1. The van der Waals surface area contributed by atoms with E-state index in [4.69, 9.17) is 9.57 Å². The third kappa shape index (κ3) is 4.77. The third-order valence-electron chi connectivity index (χ3n) is 4.97. The summed E-state index contributed by atoms with van der Waals surface area (Å²) < 4.78 is 4.76. The van der Waals surface area contributed by atoms with E-state index in [1.54, 1.807) is 29.3 Å². The van der Waals surface area contributed by atoms with Crippen LogP contribution in [-0.4, -0.2) is 43.2 Å². The summed E-state index contributed by atoms with van der Waals surface area (Å²) in [5, 5.41) is 5.25. The Kier molecular flexibility index (Phi) is 6.79. The van der Waals surface area contributed by atoms with Crippen LogP contribution in [-0.2, 0) is 9.57 Å². The topological polar surface area (TPSA) is 67.9 Å². The quantitative estimate of drug-likeness (QED) is 0.773. The molecule has 0 aliphatic carbocycles. The standard InChI is InChI=1S/C22H26N2O4/c1-3-23-19-13-14-24(28-22(26)17-7-5-4-6-8-17)20(15-19)16-9-11-18(12-10-16)21(25)27-2/h4-12,19-20,23H,3,13-15H2,1-2H3. The molecule has 1 heterocycles. The Morgan fingerprint density at radius 1 is 1.04 bits per heavy atom. The van der Waals surface area contributed by atoms with Crippen LogP contribution in [0.15, 0.2) is 54.6 Å². The number of nitrogens with zero attached hydrogens (tertiary/aromatic N) is 1. The predicted molar refractivity (Wildman–Crippen MR) is 106 cm³/mol. The second-order valence-electron chi connectivity index (χ2n) is 6.79. The lowest BCUT2D eigenvalue weighted by atomic mass is 9.92. The number of ether oxygens (including phenoxy) is 1. The first-order chi connectivity index (χ1) is 13.6. The van der Waals surface area contributed by atoms with Crippen molar-refractivity contribution >= 4 is 11.9 Å². The molecule has 2 aromatic rings. The fourth-order valence-corrected chi connectivity index (χ4v) is 3.52. The molecule has 28 heavy (non-hydrogen) atoms. The molecule has 2 unspecified atom stereocenters. The lowest BCUT2D eigenvalue weighted by molar-refractivity contribution is -0.156. The van der Waals surface area contributed by atoms with Crippen molar-refractivity contribution in [1.29, 1.82) is 0 Å². The van der Waals surface area contributed by atoms with E-state index in [0.29, 0.717) is 23.7 Å². The molecule has 0 aromatic heterocycles. The molecule has 1 fully saturated rings. The summed E-state index contributed by atoms with van der Waals surface area (Å²) in [5.74, 6) is -0.730. The monoisotopic (exact) mass is 382 g/mol. The summed E-state index contributed by atoms with van der Waals surface area (Å²) in [6.07, 6.45) is 1.71. The van der Waals surface area contributed by atoms with Gasteiger partial charge in [-0.3, -0.25) is 0 Å². The van der Waals surface area contributed by atoms with Crippen molar-refractivity contribution in [2.24, 2.45) is 0 Å². The molecule has 1 N–H and O–H groups in total. The van der Waals surface area contributed by atoms with Crippen molar-refractivity contribution in [2.45, 2.75) is 31.8 Å². The molecule has 0 spiro atoms. The zero-order valence-corrected chi connectivity index (χ0v) is 16.3. The maximum absolute atomic E-state index is 12.5. The highest BCUT2D eigenvalue weighted by molar-refractivity contribution is 5.89. The van der Waals surface area contributed by atoms with E-state index in [1.165, 1.54) is 7.11 Å². The van der Waals surface area contributed by atoms with E-state index in [-0.39, 0.29) is 18.0 Å². The smallest absolute Gasteiger partial charge is 0.357 e. The molecule has 148 valence electrons. The van der Waals surface area contributed by atoms with Crippen LogP contribution in [0, 0.1) is 0 Å². The number of esters is 1. The van der Waals surface area contributed by atoms with Crippen molar-refractivity contribution in [3.05, 3.63) is 71.3 Å². The first-order valence-electron chi connectivity index (χ1n) is 9.58. The SMILES string of the molecule is CCNC1CCN(OC(=O)c2ccccc2)C(c2ccc(C(=O)OC)cc2)C1. The van der Waals surface area contributed by atoms with E-state index >= 15 is 0 Å². The molecule has 0 amide bonds. The van der Waals surface area contributed by atoms with Crippen LogP contribution in [0.3, 0.4) is 0 Å². The molecule has 0 radical (unpaired) electrons. The Bertz CT molecular complexity index is 792. The summed E-state index contributed by atoms with van der Waals surface area (Å²) in [7, 11) is 1.36. The zero-order chi connectivity index (χ0) is 19.9. The first-order valence-corrected chi connectivity index (χ1v) is 9.58. The Balaban J connectivity index is 1.79. The Labute approximate surface area is 165 Å². The number of carbonyl (C=O) groups excluding carboxylic acids is 2. The number of hydroxylamine groups is 2. The van der Waals surface area contributed by atoms with Crippen molar-refractivity contribution in [3.63, 3.8) is 0 Å². The number of benzene rings is 2. The van der Waals surface area contributed by atoms with E-state index in [0.717, 1.165) is 24.9 Å². The molecule has 2 aromatic carbocycles. The lowest BCUT2D eigenvalue weighted by Crippen LogP contribution is -2.45. The minimum Gasteiger partial charge on any atom is -0.465 e. The molecule has 0 saturated carbocycles. The van der Waals surface area contributed by atoms with Gasteiger partial charge < -0.3 is 14.9 Å². The number of carbonyl (C=O) groups is 2. The summed E-state index contributed by atoms with van der Waals surface area (Å²) in [4.78, 5) is 30.0. The van der Waals surface area contributed by atoms with Crippen LogP contribution >= 0.6 is 0 Å². The van der Waals surface area contributed by atoms with Crippen molar-refractivity contribution in [3.8, 4) is 0 Å². The molecule has 1 aliphatic rings. The molecular formula is C22H26N2O4. The molecule has 0 bridgehead atoms. The van der Waals surface area contributed by atoms with Crippen molar-refractivity contribution in [2.75, 3.05) is 20.2 Å². The summed E-state index contributed by atoms with van der Waals surface area (Å²) >= 11 is 0. The zero-order valence-electron chi connectivity index (χ0n) is 16.3. The van der Waals surface area contributed by atoms with Gasteiger partial charge in [-0.25, -0.2) is 9.59 Å². The van der Waals surface area contributed by atoms with E-state index in [2.05, 4.69) is 12.2 Å². The number of hydrogen-bond donors (Lipinski definition) is 1. The third-order valence-corrected chi connectivity index (χ3v) is 4.97. The Morgan fingerprint density at radius 3 is 2.36 bits per heavy atom. The average molecular weight is 382 g/mol. The fraction of sp³-hybridized carbons (Fsp3) is 0.364. The number of hydrogen-bond acceptors (Lipinski definition) is 6. The van der Waals surface area contributed by atoms with Crippen molar-refractivity contribution < 1.29 is 19.2 Å². The van der Waals surface area contributed by atoms with Gasteiger partial charge in [-0.15, -0.1) is 5.06 Å². The van der Waals surface area contributed by atoms with Gasteiger partial charge in [0.15, 0.2) is 0 Å². The molecule has 6 heteroatoms. The highest BCUT2D eigenvalue weighted by atomic mass is 16.7. The molecule has 1 saturated heterocycles. The van der Waals surface area contributed by atoms with Gasteiger partial charge >= 0.3 is 11.9 Å². The minimum absolute atomic E-state index is 0.0860. The van der Waals surface area contributed by atoms with Crippen LogP contribution in [0.25, 0.3) is 0 Å². The molecule has 6 nitrogen and oxygen atoms in total. The largest absolute Gasteiger partial charge is 0.465 e. The van der Waals surface area contributed by atoms with Crippen LogP contribution in [0.4, 0.5) is 0 Å². The second-order valence-corrected chi connectivity index (χ2v) is 6.79. The van der Waals surface area contributed by atoms with Gasteiger partial charge in [0.1, 0.15) is 0 Å². The minimum atomic E-state index is -0.368. The van der Waals surface area contributed by atoms with Gasteiger partial charge in [0.25, 0.3) is 0 Å². The van der Waals surface area contributed by atoms with Gasteiger partial charge in [-0.1, -0.05) is 37.3 Å². The van der Waals surface area contributed by atoms with E-state index < -0.39 is 0 Å². The van der Waals surface area contributed by atoms with Crippen LogP contribution in [0.1, 0.15) is 52.1 Å². The summed E-state index contributed by atoms with van der Waals surface area (Å²) in [6, 6.07) is 16.5. The number of methoxy groups -OCH3 is 1. The molecule has 3 rings (SSSR count). The van der Waals surface area contributed by atoms with Gasteiger partial charge in [0.05, 0.1) is 24.3 Å². The van der Waals surface area contributed by atoms with E-state index in [9.17, 15) is 9.59 Å². The molecule has 1 aliphatic heterocycles. The summed E-state index contributed by atoms with van der Waals surface area (Å²) in [6.45, 7) is 3.62. The summed E-state index contributed by atoms with van der Waals surface area (Å²) in [5.41, 5.74) is 2.02. The normalized spacial score (nSPS) is 19.8. The Hall–Kier alpha value is -2.70.